The Labute approximate surface area is 131 Å². The average Bonchev–Trinajstić information content (AvgIpc) is 2.52. The molecule has 0 amide bonds. The summed E-state index contributed by atoms with van der Waals surface area (Å²) < 4.78 is 0. The van der Waals surface area contributed by atoms with E-state index in [9.17, 15) is 0 Å². The predicted octanol–water partition coefficient (Wildman–Crippen LogP) is 2.08. The highest BCUT2D eigenvalue weighted by atomic mass is 35.5. The third kappa shape index (κ3) is 4.51. The van der Waals surface area contributed by atoms with Gasteiger partial charge in [0.05, 0.1) is 0 Å². The molecule has 1 saturated heterocycles. The van der Waals surface area contributed by atoms with Crippen molar-refractivity contribution in [1.29, 1.82) is 0 Å². The number of guanidine groups is 1. The van der Waals surface area contributed by atoms with Crippen LogP contribution in [0.15, 0.2) is 29.3 Å². The number of hydrogen-bond acceptors (Lipinski definition) is 3. The molecule has 1 aliphatic heterocycles. The summed E-state index contributed by atoms with van der Waals surface area (Å²) in [4.78, 5) is 9.08. The van der Waals surface area contributed by atoms with Crippen molar-refractivity contribution in [2.24, 2.45) is 10.8 Å². The van der Waals surface area contributed by atoms with Gasteiger partial charge in [-0.05, 0) is 24.6 Å². The first kappa shape index (κ1) is 15.9. The molecule has 1 aliphatic rings. The van der Waals surface area contributed by atoms with E-state index in [-0.39, 0.29) is 0 Å². The Morgan fingerprint density at radius 2 is 2.10 bits per heavy atom. The van der Waals surface area contributed by atoms with Crippen LogP contribution in [0.25, 0.3) is 0 Å². The van der Waals surface area contributed by atoms with Gasteiger partial charge in [-0.1, -0.05) is 31.0 Å². The molecule has 0 saturated carbocycles. The molecule has 1 aromatic carbocycles. The topological polar surface area (TPSA) is 56.9 Å². The zero-order valence-electron chi connectivity index (χ0n) is 12.6. The minimum atomic E-state index is 0.778. The Hall–Kier alpha value is -1.46. The Bertz CT molecular complexity index is 469. The normalized spacial score (nSPS) is 16.2. The highest BCUT2D eigenvalue weighted by molar-refractivity contribution is 6.30. The molecule has 1 fully saturated rings. The van der Waals surface area contributed by atoms with Crippen molar-refractivity contribution >= 4 is 23.2 Å². The number of rotatable bonds is 4. The number of piperazine rings is 1. The first-order valence-corrected chi connectivity index (χ1v) is 7.89. The molecule has 2 rings (SSSR count). The van der Waals surface area contributed by atoms with Gasteiger partial charge in [0.15, 0.2) is 0 Å². The van der Waals surface area contributed by atoms with Crippen molar-refractivity contribution in [1.82, 2.24) is 10.3 Å². The van der Waals surface area contributed by atoms with Crippen LogP contribution in [0, 0.1) is 0 Å². The first-order chi connectivity index (χ1) is 10.2. The first-order valence-electron chi connectivity index (χ1n) is 7.51. The summed E-state index contributed by atoms with van der Waals surface area (Å²) in [5.74, 6) is 6.40. The third-order valence-corrected chi connectivity index (χ3v) is 3.89. The number of unbranched alkanes of at least 4 members (excludes halogenated alkanes) is 1. The second kappa shape index (κ2) is 8.10. The van der Waals surface area contributed by atoms with Crippen LogP contribution in [-0.4, -0.2) is 43.6 Å². The van der Waals surface area contributed by atoms with Crippen LogP contribution < -0.4 is 16.2 Å². The molecular weight excluding hydrogens is 286 g/mol. The van der Waals surface area contributed by atoms with Gasteiger partial charge in [0, 0.05) is 43.4 Å². The van der Waals surface area contributed by atoms with Crippen LogP contribution in [0.2, 0.25) is 5.02 Å². The number of aliphatic imine (C=N–C) groups is 1. The van der Waals surface area contributed by atoms with Crippen molar-refractivity contribution in [2.75, 3.05) is 37.6 Å². The van der Waals surface area contributed by atoms with Crippen molar-refractivity contribution in [3.63, 3.8) is 0 Å². The van der Waals surface area contributed by atoms with Gasteiger partial charge in [0.1, 0.15) is 0 Å². The van der Waals surface area contributed by atoms with Crippen molar-refractivity contribution in [3.8, 4) is 0 Å². The standard InChI is InChI=1S/C15H24ClN5/c1-2-3-7-18-15(19-17)21-10-8-20(9-11-21)14-6-4-5-13(16)12-14/h4-6,12H,2-3,7-11,17H2,1H3,(H,18,19). The maximum Gasteiger partial charge on any atom is 0.208 e. The molecule has 1 aromatic rings. The minimum Gasteiger partial charge on any atom is -0.368 e. The lowest BCUT2D eigenvalue weighted by Crippen LogP contribution is -2.54. The lowest BCUT2D eigenvalue weighted by Gasteiger charge is -2.37. The SMILES string of the molecule is CCCCN=C(NN)N1CCN(c2cccc(Cl)c2)CC1. The van der Waals surface area contributed by atoms with Crippen LogP contribution in [0.5, 0.6) is 0 Å². The Balaban J connectivity index is 1.91. The molecule has 3 N–H and O–H groups in total. The highest BCUT2D eigenvalue weighted by Crippen LogP contribution is 2.20. The summed E-state index contributed by atoms with van der Waals surface area (Å²) in [6.45, 7) is 6.67. The summed E-state index contributed by atoms with van der Waals surface area (Å²) >= 11 is 6.05. The highest BCUT2D eigenvalue weighted by Gasteiger charge is 2.19. The maximum absolute atomic E-state index is 6.05. The molecule has 5 nitrogen and oxygen atoms in total. The molecule has 0 bridgehead atoms. The Morgan fingerprint density at radius 1 is 1.33 bits per heavy atom. The molecule has 6 heteroatoms. The third-order valence-electron chi connectivity index (χ3n) is 3.65. The number of anilines is 1. The van der Waals surface area contributed by atoms with E-state index in [1.807, 2.05) is 18.2 Å². The van der Waals surface area contributed by atoms with E-state index < -0.39 is 0 Å². The van der Waals surface area contributed by atoms with Gasteiger partial charge in [0.2, 0.25) is 5.96 Å². The zero-order chi connectivity index (χ0) is 15.1. The molecule has 0 radical (unpaired) electrons. The predicted molar refractivity (Wildman–Crippen MR) is 89.8 cm³/mol. The molecule has 21 heavy (non-hydrogen) atoms. The molecule has 0 atom stereocenters. The number of nitrogens with one attached hydrogen (secondary N) is 1. The quantitative estimate of drug-likeness (QED) is 0.294. The van der Waals surface area contributed by atoms with Gasteiger partial charge < -0.3 is 9.80 Å². The van der Waals surface area contributed by atoms with Gasteiger partial charge in [-0.15, -0.1) is 0 Å². The molecule has 116 valence electrons. The molecule has 1 heterocycles. The zero-order valence-corrected chi connectivity index (χ0v) is 13.3. The number of nitrogens with two attached hydrogens (primary N) is 1. The number of halogens is 1. The largest absolute Gasteiger partial charge is 0.368 e. The number of hydrazine groups is 1. The summed E-state index contributed by atoms with van der Waals surface area (Å²) in [7, 11) is 0. The van der Waals surface area contributed by atoms with Crippen LogP contribution >= 0.6 is 11.6 Å². The lowest BCUT2D eigenvalue weighted by atomic mass is 10.2. The van der Waals surface area contributed by atoms with E-state index in [0.717, 1.165) is 56.5 Å². The van der Waals surface area contributed by atoms with Gasteiger partial charge in [0.25, 0.3) is 0 Å². The second-order valence-corrected chi connectivity index (χ2v) is 5.59. The van der Waals surface area contributed by atoms with Crippen LogP contribution in [0.4, 0.5) is 5.69 Å². The van der Waals surface area contributed by atoms with Gasteiger partial charge in [-0.2, -0.15) is 0 Å². The van der Waals surface area contributed by atoms with E-state index >= 15 is 0 Å². The van der Waals surface area contributed by atoms with Crippen molar-refractivity contribution in [2.45, 2.75) is 19.8 Å². The minimum absolute atomic E-state index is 0.778. The second-order valence-electron chi connectivity index (χ2n) is 5.16. The van der Waals surface area contributed by atoms with E-state index in [1.54, 1.807) is 0 Å². The van der Waals surface area contributed by atoms with E-state index in [0.29, 0.717) is 0 Å². The lowest BCUT2D eigenvalue weighted by molar-refractivity contribution is 0.372. The molecular formula is C15H24ClN5. The molecule has 0 aromatic heterocycles. The Kier molecular flexibility index (Phi) is 6.14. The summed E-state index contributed by atoms with van der Waals surface area (Å²) in [6, 6.07) is 7.99. The summed E-state index contributed by atoms with van der Waals surface area (Å²) in [5, 5.41) is 0.778. The Morgan fingerprint density at radius 3 is 2.71 bits per heavy atom. The molecule has 0 unspecified atom stereocenters. The number of nitrogens with zero attached hydrogens (tertiary/aromatic N) is 3. The van der Waals surface area contributed by atoms with E-state index in [1.165, 1.54) is 5.69 Å². The van der Waals surface area contributed by atoms with Gasteiger partial charge in [-0.25, -0.2) is 5.84 Å². The summed E-state index contributed by atoms with van der Waals surface area (Å²) in [6.07, 6.45) is 2.23. The summed E-state index contributed by atoms with van der Waals surface area (Å²) in [5.41, 5.74) is 3.90. The molecule has 0 aliphatic carbocycles. The number of benzene rings is 1. The smallest absolute Gasteiger partial charge is 0.208 e. The fourth-order valence-corrected chi connectivity index (χ4v) is 2.61. The van der Waals surface area contributed by atoms with Crippen LogP contribution in [0.1, 0.15) is 19.8 Å². The van der Waals surface area contributed by atoms with E-state index in [4.69, 9.17) is 17.4 Å². The van der Waals surface area contributed by atoms with Crippen molar-refractivity contribution < 1.29 is 0 Å². The van der Waals surface area contributed by atoms with Crippen molar-refractivity contribution in [3.05, 3.63) is 29.3 Å². The fourth-order valence-electron chi connectivity index (χ4n) is 2.43. The fraction of sp³-hybridized carbons (Fsp3) is 0.533. The monoisotopic (exact) mass is 309 g/mol. The average molecular weight is 310 g/mol. The molecule has 0 spiro atoms. The van der Waals surface area contributed by atoms with Crippen LogP contribution in [-0.2, 0) is 0 Å². The maximum atomic E-state index is 6.05. The van der Waals surface area contributed by atoms with Gasteiger partial charge in [-0.3, -0.25) is 10.4 Å². The number of hydrogen-bond donors (Lipinski definition) is 2. The van der Waals surface area contributed by atoms with Crippen LogP contribution in [0.3, 0.4) is 0 Å². The van der Waals surface area contributed by atoms with Gasteiger partial charge >= 0.3 is 0 Å². The van der Waals surface area contributed by atoms with E-state index in [2.05, 4.69) is 33.2 Å².